The molecule has 94 valence electrons. The highest BCUT2D eigenvalue weighted by Gasteiger charge is 2.12. The summed E-state index contributed by atoms with van der Waals surface area (Å²) in [5.74, 6) is -1.12. The van der Waals surface area contributed by atoms with Crippen LogP contribution in [0.15, 0.2) is 22.7 Å². The zero-order valence-electron chi connectivity index (χ0n) is 9.14. The molecule has 0 spiro atoms. The van der Waals surface area contributed by atoms with Crippen LogP contribution in [0.25, 0.3) is 0 Å². The molecule has 0 aliphatic rings. The van der Waals surface area contributed by atoms with E-state index in [4.69, 9.17) is 10.4 Å². The Balaban J connectivity index is 2.77. The molecule has 0 bridgehead atoms. The van der Waals surface area contributed by atoms with Crippen LogP contribution < -0.4 is 5.32 Å². The monoisotopic (exact) mass is 328 g/mol. The number of benzene rings is 1. The number of halogens is 1. The number of anilines is 1. The number of nitrogens with zero attached hydrogens (tertiary/aromatic N) is 1. The number of rotatable bonds is 5. The van der Waals surface area contributed by atoms with Gasteiger partial charge in [-0.15, -0.1) is 11.8 Å². The van der Waals surface area contributed by atoms with Gasteiger partial charge >= 0.3 is 5.97 Å². The maximum Gasteiger partial charge on any atom is 0.337 e. The molecule has 0 aromatic heterocycles. The van der Waals surface area contributed by atoms with E-state index < -0.39 is 5.97 Å². The third-order valence-corrected chi connectivity index (χ3v) is 3.18. The highest BCUT2D eigenvalue weighted by molar-refractivity contribution is 9.10. The zero-order valence-corrected chi connectivity index (χ0v) is 11.5. The average Bonchev–Trinajstić information content (AvgIpc) is 2.29. The van der Waals surface area contributed by atoms with E-state index in [-0.39, 0.29) is 28.7 Å². The summed E-state index contributed by atoms with van der Waals surface area (Å²) in [6.45, 7) is 0. The van der Waals surface area contributed by atoms with Crippen LogP contribution in [0.3, 0.4) is 0 Å². The van der Waals surface area contributed by atoms with Gasteiger partial charge in [-0.1, -0.05) is 15.9 Å². The third kappa shape index (κ3) is 4.39. The molecule has 1 amide bonds. The fourth-order valence-corrected chi connectivity index (χ4v) is 1.99. The molecule has 0 unspecified atom stereocenters. The first-order valence-electron chi connectivity index (χ1n) is 4.82. The second kappa shape index (κ2) is 7.03. The molecular formula is C11H9BrN2O3S. The van der Waals surface area contributed by atoms with E-state index in [2.05, 4.69) is 21.2 Å². The van der Waals surface area contributed by atoms with Crippen molar-refractivity contribution in [2.45, 2.75) is 0 Å². The molecule has 0 aliphatic heterocycles. The van der Waals surface area contributed by atoms with Gasteiger partial charge in [0.15, 0.2) is 0 Å². The first-order chi connectivity index (χ1) is 8.54. The van der Waals surface area contributed by atoms with Crippen molar-refractivity contribution in [3.63, 3.8) is 0 Å². The lowest BCUT2D eigenvalue weighted by Crippen LogP contribution is -2.16. The summed E-state index contributed by atoms with van der Waals surface area (Å²) in [7, 11) is 0. The molecular weight excluding hydrogens is 320 g/mol. The van der Waals surface area contributed by atoms with Gasteiger partial charge < -0.3 is 10.4 Å². The number of hydrogen-bond donors (Lipinski definition) is 2. The first kappa shape index (κ1) is 14.5. The van der Waals surface area contributed by atoms with Gasteiger partial charge in [0.25, 0.3) is 0 Å². The molecule has 0 saturated carbocycles. The fraction of sp³-hybridized carbons (Fsp3) is 0.182. The Hall–Kier alpha value is -1.52. The SMILES string of the molecule is N#CCSCC(=O)Nc1cc(Br)ccc1C(=O)O. The Morgan fingerprint density at radius 3 is 2.83 bits per heavy atom. The van der Waals surface area contributed by atoms with Crippen molar-refractivity contribution in [2.24, 2.45) is 0 Å². The summed E-state index contributed by atoms with van der Waals surface area (Å²) in [5, 5.41) is 19.8. The van der Waals surface area contributed by atoms with Crippen LogP contribution in [0, 0.1) is 11.3 Å². The lowest BCUT2D eigenvalue weighted by molar-refractivity contribution is -0.113. The van der Waals surface area contributed by atoms with Crippen molar-refractivity contribution >= 4 is 45.3 Å². The number of thioether (sulfide) groups is 1. The minimum Gasteiger partial charge on any atom is -0.478 e. The van der Waals surface area contributed by atoms with E-state index in [1.54, 1.807) is 6.07 Å². The van der Waals surface area contributed by atoms with Crippen LogP contribution in [0.2, 0.25) is 0 Å². The molecule has 1 aromatic carbocycles. The second-order valence-electron chi connectivity index (χ2n) is 3.19. The second-order valence-corrected chi connectivity index (χ2v) is 5.10. The lowest BCUT2D eigenvalue weighted by atomic mass is 10.2. The molecule has 0 aliphatic carbocycles. The van der Waals surface area contributed by atoms with Crippen LogP contribution in [-0.4, -0.2) is 28.5 Å². The predicted octanol–water partition coefficient (Wildman–Crippen LogP) is 2.34. The van der Waals surface area contributed by atoms with Crippen molar-refractivity contribution in [3.05, 3.63) is 28.2 Å². The van der Waals surface area contributed by atoms with E-state index in [1.165, 1.54) is 23.9 Å². The van der Waals surface area contributed by atoms with Gasteiger partial charge in [-0.3, -0.25) is 4.79 Å². The quantitative estimate of drug-likeness (QED) is 0.809. The number of carbonyl (C=O) groups excluding carboxylic acids is 1. The summed E-state index contributed by atoms with van der Waals surface area (Å²) < 4.78 is 0.674. The van der Waals surface area contributed by atoms with Crippen LogP contribution in [0.5, 0.6) is 0 Å². The molecule has 0 saturated heterocycles. The number of aromatic carboxylic acids is 1. The Morgan fingerprint density at radius 1 is 1.50 bits per heavy atom. The predicted molar refractivity (Wildman–Crippen MR) is 72.7 cm³/mol. The molecule has 0 radical (unpaired) electrons. The van der Waals surface area contributed by atoms with Gasteiger partial charge in [-0.05, 0) is 18.2 Å². The largest absolute Gasteiger partial charge is 0.478 e. The summed E-state index contributed by atoms with van der Waals surface area (Å²) in [5.41, 5.74) is 0.260. The molecule has 2 N–H and O–H groups in total. The molecule has 0 fully saturated rings. The van der Waals surface area contributed by atoms with Crippen molar-refractivity contribution < 1.29 is 14.7 Å². The van der Waals surface area contributed by atoms with E-state index in [0.29, 0.717) is 4.47 Å². The van der Waals surface area contributed by atoms with Gasteiger partial charge in [0.05, 0.1) is 28.8 Å². The Bertz CT molecular complexity index is 514. The highest BCUT2D eigenvalue weighted by Crippen LogP contribution is 2.21. The van der Waals surface area contributed by atoms with Gasteiger partial charge in [-0.2, -0.15) is 5.26 Å². The van der Waals surface area contributed by atoms with Gasteiger partial charge in [0.2, 0.25) is 5.91 Å². The number of carbonyl (C=O) groups is 2. The topological polar surface area (TPSA) is 90.2 Å². The number of carboxylic acid groups (broad SMARTS) is 1. The molecule has 1 rings (SSSR count). The van der Waals surface area contributed by atoms with E-state index in [0.717, 1.165) is 0 Å². The minimum atomic E-state index is -1.11. The van der Waals surface area contributed by atoms with Crippen molar-refractivity contribution in [2.75, 3.05) is 16.8 Å². The highest BCUT2D eigenvalue weighted by atomic mass is 79.9. The maximum absolute atomic E-state index is 11.5. The smallest absolute Gasteiger partial charge is 0.337 e. The number of hydrogen-bond acceptors (Lipinski definition) is 4. The van der Waals surface area contributed by atoms with E-state index >= 15 is 0 Å². The zero-order chi connectivity index (χ0) is 13.5. The van der Waals surface area contributed by atoms with Gasteiger partial charge in [0.1, 0.15) is 0 Å². The summed E-state index contributed by atoms with van der Waals surface area (Å²) in [4.78, 5) is 22.5. The Morgan fingerprint density at radius 2 is 2.22 bits per heavy atom. The van der Waals surface area contributed by atoms with Crippen molar-refractivity contribution in [1.82, 2.24) is 0 Å². The maximum atomic E-state index is 11.5. The number of nitriles is 1. The Labute approximate surface area is 116 Å². The Kier molecular flexibility index (Phi) is 5.68. The number of amides is 1. The minimum absolute atomic E-state index is 0.0248. The van der Waals surface area contributed by atoms with Gasteiger partial charge in [0, 0.05) is 4.47 Å². The van der Waals surface area contributed by atoms with Crippen LogP contribution in [0.1, 0.15) is 10.4 Å². The van der Waals surface area contributed by atoms with Gasteiger partial charge in [-0.25, -0.2) is 4.79 Å². The number of nitrogens with one attached hydrogen (secondary N) is 1. The van der Waals surface area contributed by atoms with E-state index in [9.17, 15) is 9.59 Å². The molecule has 0 atom stereocenters. The standard InChI is InChI=1S/C11H9BrN2O3S/c12-7-1-2-8(11(16)17)9(5-7)14-10(15)6-18-4-3-13/h1-2,5H,4,6H2,(H,14,15)(H,16,17). The molecule has 1 aromatic rings. The summed E-state index contributed by atoms with van der Waals surface area (Å²) in [6, 6.07) is 6.43. The first-order valence-corrected chi connectivity index (χ1v) is 6.76. The molecule has 7 heteroatoms. The van der Waals surface area contributed by atoms with Crippen LogP contribution in [0.4, 0.5) is 5.69 Å². The lowest BCUT2D eigenvalue weighted by Gasteiger charge is -2.08. The molecule has 0 heterocycles. The average molecular weight is 329 g/mol. The van der Waals surface area contributed by atoms with Crippen molar-refractivity contribution in [1.29, 1.82) is 5.26 Å². The fourth-order valence-electron chi connectivity index (χ4n) is 1.18. The normalized spacial score (nSPS) is 9.56. The summed E-state index contributed by atoms with van der Waals surface area (Å²) >= 11 is 4.37. The molecule has 18 heavy (non-hydrogen) atoms. The van der Waals surface area contributed by atoms with Crippen molar-refractivity contribution in [3.8, 4) is 6.07 Å². The number of carboxylic acids is 1. The van der Waals surface area contributed by atoms with Crippen LogP contribution in [-0.2, 0) is 4.79 Å². The van der Waals surface area contributed by atoms with Crippen LogP contribution >= 0.6 is 27.7 Å². The molecule has 5 nitrogen and oxygen atoms in total. The van der Waals surface area contributed by atoms with E-state index in [1.807, 2.05) is 6.07 Å². The third-order valence-electron chi connectivity index (χ3n) is 1.89. The summed E-state index contributed by atoms with van der Waals surface area (Å²) in [6.07, 6.45) is 0.